The predicted octanol–water partition coefficient (Wildman–Crippen LogP) is 9.64. The van der Waals surface area contributed by atoms with Crippen molar-refractivity contribution < 1.29 is 0 Å². The molecule has 8 rings (SSSR count). The van der Waals surface area contributed by atoms with Crippen LogP contribution in [-0.2, 0) is 0 Å². The van der Waals surface area contributed by atoms with Crippen molar-refractivity contribution in [3.05, 3.63) is 158 Å². The number of fused-ring (bicyclic) bond motifs is 3. The van der Waals surface area contributed by atoms with E-state index in [1.807, 2.05) is 36.4 Å². The fourth-order valence-corrected chi connectivity index (χ4v) is 5.78. The number of benzene rings is 6. The topological polar surface area (TPSA) is 43.6 Å². The molecule has 0 N–H and O–H groups in total. The van der Waals surface area contributed by atoms with Crippen LogP contribution in [0, 0.1) is 0 Å². The Labute approximate surface area is 249 Å². The summed E-state index contributed by atoms with van der Waals surface area (Å²) in [7, 11) is 0. The van der Waals surface area contributed by atoms with Gasteiger partial charge in [-0.25, -0.2) is 15.0 Å². The molecule has 0 radical (unpaired) electrons. The second kappa shape index (κ2) is 10.5. The summed E-state index contributed by atoms with van der Waals surface area (Å²) in [4.78, 5) is 14.9. The van der Waals surface area contributed by atoms with Gasteiger partial charge in [0.2, 0.25) is 0 Å². The summed E-state index contributed by atoms with van der Waals surface area (Å²) in [6.45, 7) is 0. The van der Waals surface area contributed by atoms with Crippen molar-refractivity contribution in [3.63, 3.8) is 0 Å². The standard InChI is InChI=1S/C39H26N4/c1-3-12-27(13-4-1)30-16-11-17-31(26-30)39-41-37(28-14-5-2-6-15-28)40-38(42-39)29-22-24-32(25-23-29)43-35-20-9-7-18-33(35)34-19-8-10-21-36(34)43/h1-26H. The summed E-state index contributed by atoms with van der Waals surface area (Å²) in [5.41, 5.74) is 8.57. The minimum atomic E-state index is 0.641. The molecule has 0 saturated carbocycles. The summed E-state index contributed by atoms with van der Waals surface area (Å²) in [6, 6.07) is 54.5. The predicted molar refractivity (Wildman–Crippen MR) is 176 cm³/mol. The number of rotatable bonds is 5. The molecular formula is C39H26N4. The largest absolute Gasteiger partial charge is 0.309 e. The van der Waals surface area contributed by atoms with Crippen LogP contribution in [0.5, 0.6) is 0 Å². The lowest BCUT2D eigenvalue weighted by Gasteiger charge is -2.11. The molecule has 0 aliphatic heterocycles. The smallest absolute Gasteiger partial charge is 0.164 e. The third-order valence-corrected chi connectivity index (χ3v) is 7.86. The normalized spacial score (nSPS) is 11.3. The van der Waals surface area contributed by atoms with Gasteiger partial charge in [0.25, 0.3) is 0 Å². The molecule has 0 fully saturated rings. The van der Waals surface area contributed by atoms with Gasteiger partial charge in [-0.15, -0.1) is 0 Å². The Bertz CT molecular complexity index is 2160. The molecule has 0 spiro atoms. The van der Waals surface area contributed by atoms with Crippen molar-refractivity contribution in [2.45, 2.75) is 0 Å². The van der Waals surface area contributed by atoms with Gasteiger partial charge in [-0.3, -0.25) is 0 Å². The van der Waals surface area contributed by atoms with E-state index in [1.165, 1.54) is 21.8 Å². The lowest BCUT2D eigenvalue weighted by atomic mass is 10.0. The molecule has 6 aromatic carbocycles. The van der Waals surface area contributed by atoms with E-state index in [1.54, 1.807) is 0 Å². The van der Waals surface area contributed by atoms with Crippen LogP contribution >= 0.6 is 0 Å². The quantitative estimate of drug-likeness (QED) is 0.214. The van der Waals surface area contributed by atoms with E-state index in [-0.39, 0.29) is 0 Å². The van der Waals surface area contributed by atoms with E-state index in [2.05, 4.69) is 126 Å². The average Bonchev–Trinajstić information content (AvgIpc) is 3.43. The van der Waals surface area contributed by atoms with Crippen LogP contribution < -0.4 is 0 Å². The Morgan fingerprint density at radius 2 is 0.767 bits per heavy atom. The minimum Gasteiger partial charge on any atom is -0.309 e. The first-order chi connectivity index (χ1) is 21.3. The van der Waals surface area contributed by atoms with Gasteiger partial charge in [-0.1, -0.05) is 115 Å². The Morgan fingerprint density at radius 1 is 0.326 bits per heavy atom. The van der Waals surface area contributed by atoms with Gasteiger partial charge in [-0.2, -0.15) is 0 Å². The van der Waals surface area contributed by atoms with Crippen LogP contribution in [0.3, 0.4) is 0 Å². The highest BCUT2D eigenvalue weighted by atomic mass is 15.0. The molecule has 0 unspecified atom stereocenters. The van der Waals surface area contributed by atoms with Crippen molar-refractivity contribution in [3.8, 4) is 51.0 Å². The zero-order valence-electron chi connectivity index (χ0n) is 23.3. The van der Waals surface area contributed by atoms with Crippen LogP contribution in [0.15, 0.2) is 158 Å². The maximum Gasteiger partial charge on any atom is 0.164 e. The Hall–Kier alpha value is -5.87. The van der Waals surface area contributed by atoms with Crippen molar-refractivity contribution >= 4 is 21.8 Å². The molecule has 202 valence electrons. The first kappa shape index (κ1) is 24.9. The average molecular weight is 551 g/mol. The van der Waals surface area contributed by atoms with E-state index in [4.69, 9.17) is 15.0 Å². The number of hydrogen-bond acceptors (Lipinski definition) is 3. The number of hydrogen-bond donors (Lipinski definition) is 0. The third-order valence-electron chi connectivity index (χ3n) is 7.86. The summed E-state index contributed by atoms with van der Waals surface area (Å²) in [6.07, 6.45) is 0. The number of para-hydroxylation sites is 2. The lowest BCUT2D eigenvalue weighted by molar-refractivity contribution is 1.07. The summed E-state index contributed by atoms with van der Waals surface area (Å²) in [5.74, 6) is 1.94. The van der Waals surface area contributed by atoms with Crippen LogP contribution in [0.2, 0.25) is 0 Å². The summed E-state index contributed by atoms with van der Waals surface area (Å²) in [5, 5.41) is 2.49. The maximum absolute atomic E-state index is 5.00. The van der Waals surface area contributed by atoms with Crippen molar-refractivity contribution in [2.24, 2.45) is 0 Å². The van der Waals surface area contributed by atoms with E-state index in [9.17, 15) is 0 Å². The van der Waals surface area contributed by atoms with Gasteiger partial charge < -0.3 is 4.57 Å². The highest BCUT2D eigenvalue weighted by Gasteiger charge is 2.15. The monoisotopic (exact) mass is 550 g/mol. The molecule has 4 nitrogen and oxygen atoms in total. The van der Waals surface area contributed by atoms with E-state index in [0.29, 0.717) is 17.5 Å². The zero-order valence-corrected chi connectivity index (χ0v) is 23.3. The molecule has 2 aromatic heterocycles. The molecule has 0 atom stereocenters. The van der Waals surface area contributed by atoms with Gasteiger partial charge in [-0.05, 0) is 53.6 Å². The van der Waals surface area contributed by atoms with Gasteiger partial charge in [0.1, 0.15) is 0 Å². The Morgan fingerprint density at radius 3 is 1.37 bits per heavy atom. The van der Waals surface area contributed by atoms with Crippen LogP contribution in [0.4, 0.5) is 0 Å². The third kappa shape index (κ3) is 4.55. The molecule has 0 aliphatic carbocycles. The molecule has 0 bridgehead atoms. The molecule has 0 saturated heterocycles. The zero-order chi connectivity index (χ0) is 28.6. The molecule has 8 aromatic rings. The second-order valence-corrected chi connectivity index (χ2v) is 10.5. The molecule has 43 heavy (non-hydrogen) atoms. The highest BCUT2D eigenvalue weighted by Crippen LogP contribution is 2.33. The van der Waals surface area contributed by atoms with Crippen molar-refractivity contribution in [2.75, 3.05) is 0 Å². The molecule has 2 heterocycles. The molecule has 0 amide bonds. The first-order valence-electron chi connectivity index (χ1n) is 14.4. The van der Waals surface area contributed by atoms with E-state index >= 15 is 0 Å². The lowest BCUT2D eigenvalue weighted by Crippen LogP contribution is -2.00. The van der Waals surface area contributed by atoms with Crippen LogP contribution in [-0.4, -0.2) is 19.5 Å². The first-order valence-corrected chi connectivity index (χ1v) is 14.4. The second-order valence-electron chi connectivity index (χ2n) is 10.5. The Kier molecular flexibility index (Phi) is 6.08. The number of aromatic nitrogens is 4. The summed E-state index contributed by atoms with van der Waals surface area (Å²) < 4.78 is 2.32. The van der Waals surface area contributed by atoms with Crippen molar-refractivity contribution in [1.82, 2.24) is 19.5 Å². The maximum atomic E-state index is 5.00. The SMILES string of the molecule is c1ccc(-c2cccc(-c3nc(-c4ccccc4)nc(-c4ccc(-n5c6ccccc6c6ccccc65)cc4)n3)c2)cc1. The summed E-state index contributed by atoms with van der Waals surface area (Å²) >= 11 is 0. The fraction of sp³-hybridized carbons (Fsp3) is 0. The van der Waals surface area contributed by atoms with Gasteiger partial charge in [0.15, 0.2) is 17.5 Å². The van der Waals surface area contributed by atoms with Gasteiger partial charge >= 0.3 is 0 Å². The molecule has 4 heteroatoms. The molecular weight excluding hydrogens is 524 g/mol. The highest BCUT2D eigenvalue weighted by molar-refractivity contribution is 6.09. The van der Waals surface area contributed by atoms with Crippen LogP contribution in [0.25, 0.3) is 72.8 Å². The van der Waals surface area contributed by atoms with Gasteiger partial charge in [0, 0.05) is 33.2 Å². The minimum absolute atomic E-state index is 0.641. The fourth-order valence-electron chi connectivity index (χ4n) is 5.78. The van der Waals surface area contributed by atoms with E-state index in [0.717, 1.165) is 33.5 Å². The van der Waals surface area contributed by atoms with Gasteiger partial charge in [0.05, 0.1) is 11.0 Å². The Balaban J connectivity index is 1.25. The number of nitrogens with zero attached hydrogens (tertiary/aromatic N) is 4. The van der Waals surface area contributed by atoms with Crippen LogP contribution in [0.1, 0.15) is 0 Å². The van der Waals surface area contributed by atoms with Crippen molar-refractivity contribution in [1.29, 1.82) is 0 Å². The molecule has 0 aliphatic rings. The van der Waals surface area contributed by atoms with E-state index < -0.39 is 0 Å².